The first-order valence-corrected chi connectivity index (χ1v) is 4.78. The zero-order valence-electron chi connectivity index (χ0n) is 7.07. The van der Waals surface area contributed by atoms with Crippen LogP contribution in [0, 0.1) is 6.92 Å². The number of thiophene rings is 1. The molecule has 0 bridgehead atoms. The second kappa shape index (κ2) is 2.85. The smallest absolute Gasteiger partial charge is 0.336 e. The highest BCUT2D eigenvalue weighted by molar-refractivity contribution is 7.17. The molecule has 0 saturated heterocycles. The summed E-state index contributed by atoms with van der Waals surface area (Å²) in [5.74, 6) is -0.855. The summed E-state index contributed by atoms with van der Waals surface area (Å²) < 4.78 is 1.04. The van der Waals surface area contributed by atoms with Gasteiger partial charge in [-0.1, -0.05) is 6.07 Å². The topological polar surface area (TPSA) is 37.3 Å². The standard InChI is InChI=1S/C10H8O2S/c1-6-5-13-8-4-2-3-7(9(6)8)10(11)12/h2-5H,1H3,(H,11,12). The van der Waals surface area contributed by atoms with E-state index in [2.05, 4.69) is 0 Å². The van der Waals surface area contributed by atoms with Crippen LogP contribution in [0.5, 0.6) is 0 Å². The molecule has 3 heteroatoms. The van der Waals surface area contributed by atoms with Crippen molar-refractivity contribution in [1.29, 1.82) is 0 Å². The molecule has 66 valence electrons. The number of hydrogen-bond acceptors (Lipinski definition) is 2. The van der Waals surface area contributed by atoms with Crippen molar-refractivity contribution in [2.45, 2.75) is 6.92 Å². The van der Waals surface area contributed by atoms with Crippen molar-refractivity contribution in [3.05, 3.63) is 34.7 Å². The Hall–Kier alpha value is -1.35. The Balaban J connectivity index is 2.88. The van der Waals surface area contributed by atoms with E-state index in [1.165, 1.54) is 0 Å². The molecular weight excluding hydrogens is 184 g/mol. The molecule has 1 aromatic heterocycles. The number of carboxylic acid groups (broad SMARTS) is 1. The molecule has 0 aliphatic rings. The van der Waals surface area contributed by atoms with Crippen molar-refractivity contribution in [3.8, 4) is 0 Å². The lowest BCUT2D eigenvalue weighted by Gasteiger charge is -1.97. The molecule has 0 unspecified atom stereocenters. The predicted molar refractivity (Wildman–Crippen MR) is 53.5 cm³/mol. The van der Waals surface area contributed by atoms with Gasteiger partial charge in [-0.05, 0) is 30.0 Å². The average molecular weight is 192 g/mol. The Morgan fingerprint density at radius 1 is 1.46 bits per heavy atom. The second-order valence-corrected chi connectivity index (χ2v) is 3.81. The number of benzene rings is 1. The SMILES string of the molecule is Cc1csc2cccc(C(=O)O)c12. The monoisotopic (exact) mass is 192 g/mol. The summed E-state index contributed by atoms with van der Waals surface area (Å²) in [6.07, 6.45) is 0. The highest BCUT2D eigenvalue weighted by atomic mass is 32.1. The summed E-state index contributed by atoms with van der Waals surface area (Å²) in [4.78, 5) is 10.9. The Bertz CT molecular complexity index is 471. The first-order valence-electron chi connectivity index (χ1n) is 3.90. The molecule has 13 heavy (non-hydrogen) atoms. The first kappa shape index (κ1) is 8.26. The van der Waals surface area contributed by atoms with Gasteiger partial charge in [0.25, 0.3) is 0 Å². The fraction of sp³-hybridized carbons (Fsp3) is 0.100. The van der Waals surface area contributed by atoms with Crippen LogP contribution in [0.25, 0.3) is 10.1 Å². The van der Waals surface area contributed by atoms with E-state index < -0.39 is 5.97 Å². The summed E-state index contributed by atoms with van der Waals surface area (Å²) >= 11 is 1.58. The summed E-state index contributed by atoms with van der Waals surface area (Å²) in [6.45, 7) is 1.94. The van der Waals surface area contributed by atoms with Gasteiger partial charge in [-0.25, -0.2) is 4.79 Å². The quantitative estimate of drug-likeness (QED) is 0.754. The van der Waals surface area contributed by atoms with Crippen LogP contribution in [-0.4, -0.2) is 11.1 Å². The van der Waals surface area contributed by atoms with Crippen LogP contribution in [0.4, 0.5) is 0 Å². The Labute approximate surface area is 79.4 Å². The van der Waals surface area contributed by atoms with E-state index in [0.29, 0.717) is 5.56 Å². The van der Waals surface area contributed by atoms with E-state index in [1.54, 1.807) is 23.5 Å². The van der Waals surface area contributed by atoms with E-state index in [9.17, 15) is 4.79 Å². The zero-order chi connectivity index (χ0) is 9.42. The van der Waals surface area contributed by atoms with Crippen molar-refractivity contribution in [2.75, 3.05) is 0 Å². The maximum Gasteiger partial charge on any atom is 0.336 e. The lowest BCUT2D eigenvalue weighted by Crippen LogP contribution is -1.96. The molecule has 1 N–H and O–H groups in total. The maximum absolute atomic E-state index is 10.9. The van der Waals surface area contributed by atoms with Crippen LogP contribution in [0.1, 0.15) is 15.9 Å². The van der Waals surface area contributed by atoms with Gasteiger partial charge in [0, 0.05) is 10.1 Å². The molecule has 0 spiro atoms. The van der Waals surface area contributed by atoms with Gasteiger partial charge >= 0.3 is 5.97 Å². The van der Waals surface area contributed by atoms with Gasteiger partial charge in [0.15, 0.2) is 0 Å². The van der Waals surface area contributed by atoms with Crippen molar-refractivity contribution >= 4 is 27.4 Å². The number of rotatable bonds is 1. The number of aromatic carboxylic acids is 1. The highest BCUT2D eigenvalue weighted by Gasteiger charge is 2.10. The maximum atomic E-state index is 10.9. The van der Waals surface area contributed by atoms with Crippen LogP contribution in [0.2, 0.25) is 0 Å². The number of aryl methyl sites for hydroxylation is 1. The van der Waals surface area contributed by atoms with Crippen LogP contribution in [-0.2, 0) is 0 Å². The molecule has 0 aliphatic carbocycles. The molecule has 0 fully saturated rings. The predicted octanol–water partition coefficient (Wildman–Crippen LogP) is 2.91. The molecule has 2 aromatic rings. The molecular formula is C10H8O2S. The van der Waals surface area contributed by atoms with Gasteiger partial charge < -0.3 is 5.11 Å². The Morgan fingerprint density at radius 2 is 2.23 bits per heavy atom. The average Bonchev–Trinajstić information content (AvgIpc) is 2.48. The molecule has 0 amide bonds. The molecule has 0 radical (unpaired) electrons. The summed E-state index contributed by atoms with van der Waals surface area (Å²) in [7, 11) is 0. The zero-order valence-corrected chi connectivity index (χ0v) is 7.89. The third-order valence-electron chi connectivity index (χ3n) is 2.01. The minimum Gasteiger partial charge on any atom is -0.478 e. The molecule has 0 atom stereocenters. The third kappa shape index (κ3) is 1.21. The van der Waals surface area contributed by atoms with Crippen molar-refractivity contribution in [1.82, 2.24) is 0 Å². The van der Waals surface area contributed by atoms with E-state index >= 15 is 0 Å². The van der Waals surface area contributed by atoms with E-state index in [-0.39, 0.29) is 0 Å². The largest absolute Gasteiger partial charge is 0.478 e. The van der Waals surface area contributed by atoms with E-state index in [0.717, 1.165) is 15.6 Å². The van der Waals surface area contributed by atoms with Gasteiger partial charge in [-0.15, -0.1) is 11.3 Å². The Kier molecular flexibility index (Phi) is 1.81. The highest BCUT2D eigenvalue weighted by Crippen LogP contribution is 2.28. The summed E-state index contributed by atoms with van der Waals surface area (Å²) in [5, 5.41) is 11.8. The molecule has 2 rings (SSSR count). The fourth-order valence-corrected chi connectivity index (χ4v) is 2.39. The molecule has 2 nitrogen and oxygen atoms in total. The van der Waals surface area contributed by atoms with Crippen LogP contribution in [0.3, 0.4) is 0 Å². The van der Waals surface area contributed by atoms with Gasteiger partial charge in [0.2, 0.25) is 0 Å². The lowest BCUT2D eigenvalue weighted by atomic mass is 10.1. The normalized spacial score (nSPS) is 10.5. The minimum absolute atomic E-state index is 0.399. The number of fused-ring (bicyclic) bond motifs is 1. The van der Waals surface area contributed by atoms with Crippen molar-refractivity contribution < 1.29 is 9.90 Å². The summed E-state index contributed by atoms with van der Waals surface area (Å²) in [6, 6.07) is 5.37. The van der Waals surface area contributed by atoms with Crippen LogP contribution < -0.4 is 0 Å². The van der Waals surface area contributed by atoms with Crippen LogP contribution in [0.15, 0.2) is 23.6 Å². The molecule has 0 aliphatic heterocycles. The van der Waals surface area contributed by atoms with Gasteiger partial charge in [0.1, 0.15) is 0 Å². The van der Waals surface area contributed by atoms with Crippen molar-refractivity contribution in [3.63, 3.8) is 0 Å². The van der Waals surface area contributed by atoms with Crippen LogP contribution >= 0.6 is 11.3 Å². The number of hydrogen-bond donors (Lipinski definition) is 1. The minimum atomic E-state index is -0.855. The Morgan fingerprint density at radius 3 is 2.92 bits per heavy atom. The third-order valence-corrected chi connectivity index (χ3v) is 3.08. The molecule has 1 heterocycles. The van der Waals surface area contributed by atoms with Gasteiger partial charge in [-0.2, -0.15) is 0 Å². The first-order chi connectivity index (χ1) is 6.20. The fourth-order valence-electron chi connectivity index (χ4n) is 1.43. The number of carbonyl (C=O) groups is 1. The van der Waals surface area contributed by atoms with Gasteiger partial charge in [0.05, 0.1) is 5.56 Å². The second-order valence-electron chi connectivity index (χ2n) is 2.90. The lowest BCUT2D eigenvalue weighted by molar-refractivity contribution is 0.0699. The van der Waals surface area contributed by atoms with E-state index in [1.807, 2.05) is 18.4 Å². The van der Waals surface area contributed by atoms with Gasteiger partial charge in [-0.3, -0.25) is 0 Å². The molecule has 1 aromatic carbocycles. The van der Waals surface area contributed by atoms with Crippen molar-refractivity contribution in [2.24, 2.45) is 0 Å². The number of carboxylic acids is 1. The summed E-state index contributed by atoms with van der Waals surface area (Å²) in [5.41, 5.74) is 1.44. The van der Waals surface area contributed by atoms with E-state index in [4.69, 9.17) is 5.11 Å². The molecule has 0 saturated carbocycles.